The second kappa shape index (κ2) is 34.9. The van der Waals surface area contributed by atoms with Crippen LogP contribution in [0.5, 0.6) is 0 Å². The minimum atomic E-state index is -7.98. The van der Waals surface area contributed by atoms with Gasteiger partial charge in [0.15, 0.2) is 0 Å². The molecule has 0 atom stereocenters. The Morgan fingerprint density at radius 1 is 0.149 bits per heavy atom. The summed E-state index contributed by atoms with van der Waals surface area (Å²) in [5.74, 6) is -63.7. The summed E-state index contributed by atoms with van der Waals surface area (Å²) in [4.78, 5) is 0. The summed E-state index contributed by atoms with van der Waals surface area (Å²) in [5, 5.41) is -1.47. The number of rotatable bonds is 22. The van der Waals surface area contributed by atoms with E-state index in [9.17, 15) is 228 Å². The molecule has 0 saturated heterocycles. The Labute approximate surface area is 668 Å². The van der Waals surface area contributed by atoms with Crippen LogP contribution in [0, 0.1) is 21.7 Å². The van der Waals surface area contributed by atoms with Gasteiger partial charge in [-0.3, -0.25) is 0 Å². The Hall–Kier alpha value is -6.19. The largest absolute Gasteiger partial charge is 2.00 e. The standard InChI is InChI=1S/2C32H17F26P.2ClH.Pt/c2*33-23(34,25(37,38)31(53,54)55)21(27(41,42)43,28(44,45)46)14-16-6-10-19(11-7-16)59(18-4-2-1-3-5-18)20-12-8-17(9-13-20)15-22(29(47,48)49,30(50,51)52)24(35,36)26(39,40)32(56,57)58;;;/h2*1-13H,14-15H2;2*1H;/q;;;;+2/p-2. The van der Waals surface area contributed by atoms with Gasteiger partial charge in [0.25, 0.3) is 0 Å². The molecule has 0 nitrogen and oxygen atoms in total. The van der Waals surface area contributed by atoms with E-state index in [1.54, 1.807) is 0 Å². The molecule has 121 heavy (non-hydrogen) atoms. The van der Waals surface area contributed by atoms with Crippen molar-refractivity contribution in [3.63, 3.8) is 0 Å². The molecule has 0 saturated carbocycles. The molecule has 0 heterocycles. The normalized spacial score (nSPS) is 14.9. The van der Waals surface area contributed by atoms with Gasteiger partial charge in [0.1, 0.15) is 0 Å². The van der Waals surface area contributed by atoms with Gasteiger partial charge in [0.2, 0.25) is 21.7 Å². The van der Waals surface area contributed by atoms with Crippen molar-refractivity contribution >= 4 is 47.7 Å². The minimum Gasteiger partial charge on any atom is -1.00 e. The first kappa shape index (κ1) is 111. The van der Waals surface area contributed by atoms with Crippen molar-refractivity contribution in [1.29, 1.82) is 0 Å². The quantitative estimate of drug-likeness (QED) is 0.0469. The number of hydrogen-bond donors (Lipinski definition) is 0. The summed E-state index contributed by atoms with van der Waals surface area (Å²) in [5.41, 5.74) is -34.9. The summed E-state index contributed by atoms with van der Waals surface area (Å²) < 4.78 is 715. The fraction of sp³-hybridized carbons (Fsp3) is 0.438. The van der Waals surface area contributed by atoms with E-state index in [0.717, 1.165) is 0 Å². The third-order valence-electron chi connectivity index (χ3n) is 17.7. The predicted octanol–water partition coefficient (Wildman–Crippen LogP) is 18.8. The maximum Gasteiger partial charge on any atom is 2.00 e. The third-order valence-corrected chi connectivity index (χ3v) is 22.6. The average Bonchev–Trinajstić information content (AvgIpc) is 0.709. The molecule has 0 aliphatic heterocycles. The van der Waals surface area contributed by atoms with E-state index in [1.807, 2.05) is 0 Å². The predicted molar refractivity (Wildman–Crippen MR) is 307 cm³/mol. The molecular weight excluding hydrogens is 2080 g/mol. The van der Waals surface area contributed by atoms with E-state index >= 15 is 0 Å². The summed E-state index contributed by atoms with van der Waals surface area (Å²) in [7, 11) is -4.93. The molecule has 688 valence electrons. The topological polar surface area (TPSA) is 0 Å². The van der Waals surface area contributed by atoms with Gasteiger partial charge < -0.3 is 24.8 Å². The molecule has 6 aromatic rings. The van der Waals surface area contributed by atoms with Crippen LogP contribution in [-0.2, 0) is 46.7 Å². The molecule has 0 spiro atoms. The first-order valence-corrected chi connectivity index (χ1v) is 32.8. The molecule has 6 rings (SSSR count). The molecule has 0 radical (unpaired) electrons. The smallest absolute Gasteiger partial charge is 1.00 e. The van der Waals surface area contributed by atoms with E-state index in [1.165, 1.54) is 60.7 Å². The van der Waals surface area contributed by atoms with Crippen molar-refractivity contribution in [2.45, 2.75) is 147 Å². The summed E-state index contributed by atoms with van der Waals surface area (Å²) in [6.45, 7) is 0. The molecule has 0 fully saturated rings. The van der Waals surface area contributed by atoms with Gasteiger partial charge in [0, 0.05) is 25.7 Å². The van der Waals surface area contributed by atoms with Crippen LogP contribution in [0.15, 0.2) is 158 Å². The van der Waals surface area contributed by atoms with Crippen LogP contribution in [0.25, 0.3) is 0 Å². The summed E-state index contributed by atoms with van der Waals surface area (Å²) in [6, 6.07) is 17.2. The van der Waals surface area contributed by atoms with Crippen LogP contribution in [0.4, 0.5) is 228 Å². The maximum absolute atomic E-state index is 14.6. The van der Waals surface area contributed by atoms with Crippen molar-refractivity contribution in [2.24, 2.45) is 21.7 Å². The molecule has 0 aromatic heterocycles. The molecule has 0 amide bonds. The second-order valence-electron chi connectivity index (χ2n) is 24.9. The zero-order valence-electron chi connectivity index (χ0n) is 56.5. The van der Waals surface area contributed by atoms with E-state index in [2.05, 4.69) is 0 Å². The van der Waals surface area contributed by atoms with Gasteiger partial charge in [0.05, 0.1) is 0 Å². The van der Waals surface area contributed by atoms with Crippen molar-refractivity contribution in [3.05, 3.63) is 180 Å². The van der Waals surface area contributed by atoms with Crippen LogP contribution in [0.2, 0.25) is 0 Å². The van der Waals surface area contributed by atoms with Gasteiger partial charge >= 0.3 is 143 Å². The monoisotopic (exact) mass is 2120 g/mol. The fourth-order valence-electron chi connectivity index (χ4n) is 11.4. The Morgan fingerprint density at radius 3 is 0.372 bits per heavy atom. The van der Waals surface area contributed by atoms with Gasteiger partial charge in [-0.25, -0.2) is 0 Å². The molecule has 0 aliphatic rings. The van der Waals surface area contributed by atoms with Crippen LogP contribution in [-0.4, -0.2) is 121 Å². The Bertz CT molecular complexity index is 3760. The number of hydrogen-bond acceptors (Lipinski definition) is 0. The van der Waals surface area contributed by atoms with E-state index in [-0.39, 0.29) is 126 Å². The molecule has 57 heteroatoms. The minimum absolute atomic E-state index is 0. The molecule has 6 aromatic carbocycles. The fourth-order valence-corrected chi connectivity index (χ4v) is 15.9. The molecular formula is C64H34Cl2F52P2Pt. The van der Waals surface area contributed by atoms with Crippen LogP contribution in [0.1, 0.15) is 22.3 Å². The number of halogens is 54. The molecule has 0 bridgehead atoms. The summed E-state index contributed by atoms with van der Waals surface area (Å²) >= 11 is 0. The Morgan fingerprint density at radius 2 is 0.264 bits per heavy atom. The van der Waals surface area contributed by atoms with Crippen molar-refractivity contribution in [2.75, 3.05) is 0 Å². The third kappa shape index (κ3) is 19.0. The maximum atomic E-state index is 14.6. The van der Waals surface area contributed by atoms with E-state index in [4.69, 9.17) is 0 Å². The molecule has 0 aliphatic carbocycles. The molecule has 0 unspecified atom stereocenters. The molecule has 0 N–H and O–H groups in total. The van der Waals surface area contributed by atoms with Gasteiger partial charge in [-0.1, -0.05) is 158 Å². The zero-order valence-corrected chi connectivity index (χ0v) is 62.0. The van der Waals surface area contributed by atoms with E-state index < -0.39 is 207 Å². The second-order valence-corrected chi connectivity index (χ2v) is 29.3. The van der Waals surface area contributed by atoms with Crippen molar-refractivity contribution < 1.29 is 274 Å². The van der Waals surface area contributed by atoms with Gasteiger partial charge in [-0.05, 0) is 69.9 Å². The first-order chi connectivity index (χ1) is 52.2. The van der Waals surface area contributed by atoms with Crippen LogP contribution < -0.4 is 56.6 Å². The van der Waals surface area contributed by atoms with Crippen LogP contribution >= 0.6 is 15.8 Å². The summed E-state index contributed by atoms with van der Waals surface area (Å²) in [6.07, 6.45) is -105. The average molecular weight is 2120 g/mol. The first-order valence-electron chi connectivity index (χ1n) is 30.1. The zero-order chi connectivity index (χ0) is 92.1. The number of benzene rings is 6. The van der Waals surface area contributed by atoms with Crippen molar-refractivity contribution in [3.8, 4) is 0 Å². The number of alkyl halides is 52. The van der Waals surface area contributed by atoms with E-state index in [0.29, 0.717) is 48.5 Å². The van der Waals surface area contributed by atoms with Crippen LogP contribution in [0.3, 0.4) is 0 Å². The Kier molecular flexibility index (Phi) is 31.9. The van der Waals surface area contributed by atoms with Gasteiger partial charge in [-0.15, -0.1) is 0 Å². The van der Waals surface area contributed by atoms with Crippen molar-refractivity contribution in [1.82, 2.24) is 0 Å². The van der Waals surface area contributed by atoms with Gasteiger partial charge in [-0.2, -0.15) is 228 Å². The Balaban J connectivity index is 0.000000800. The SMILES string of the molecule is FC(F)(F)C(F)(F)C(F)(F)C(Cc1ccc(P(c2ccccc2)c2ccc(CC(C(F)(F)F)(C(F)(F)F)C(F)(F)C(F)(F)C(F)(F)F)cc2)cc1)(C(F)(F)F)C(F)(F)F.FC(F)(F)C(F)(F)C(F)(F)C(Cc1ccc(P(c2ccccc2)c2ccc(CC(C(F)(F)F)(C(F)(F)F)C(F)(F)C(F)(F)C(F)(F)F)cc2)cc1)(C(F)(F)F)C(F)(F)F.[Cl-].[Cl-].[Pt+2].